The number of aryl methyl sites for hydroxylation is 2. The Morgan fingerprint density at radius 2 is 2.00 bits per heavy atom. The van der Waals surface area contributed by atoms with Crippen molar-refractivity contribution in [2.24, 2.45) is 0 Å². The number of carboxylic acid groups (broad SMARTS) is 1. The maximum Gasteiger partial charge on any atom is 0.418 e. The summed E-state index contributed by atoms with van der Waals surface area (Å²) in [6.45, 7) is 1.58. The first-order valence-corrected chi connectivity index (χ1v) is 5.84. The largest absolute Gasteiger partial charge is 0.481 e. The van der Waals surface area contributed by atoms with Crippen LogP contribution < -0.4 is 0 Å². The average Bonchev–Trinajstić information content (AvgIpc) is 2.34. The van der Waals surface area contributed by atoms with Gasteiger partial charge in [-0.3, -0.25) is 4.79 Å². The predicted molar refractivity (Wildman–Crippen MR) is 65.2 cm³/mol. The second-order valence-corrected chi connectivity index (χ2v) is 4.32. The Bertz CT molecular complexity index is 668. The van der Waals surface area contributed by atoms with Crippen LogP contribution in [0.3, 0.4) is 0 Å². The zero-order chi connectivity index (χ0) is 14.9. The first kappa shape index (κ1) is 14.2. The Morgan fingerprint density at radius 1 is 1.30 bits per heavy atom. The number of benzene rings is 1. The first-order valence-electron chi connectivity index (χ1n) is 5.84. The zero-order valence-electron chi connectivity index (χ0n) is 10.5. The van der Waals surface area contributed by atoms with Crippen LogP contribution in [-0.2, 0) is 17.4 Å². The van der Waals surface area contributed by atoms with Gasteiger partial charge in [0, 0.05) is 17.5 Å². The van der Waals surface area contributed by atoms with Crippen molar-refractivity contribution in [3.8, 4) is 0 Å². The lowest BCUT2D eigenvalue weighted by molar-refractivity contribution is -0.137. The fraction of sp³-hybridized carbons (Fsp3) is 0.308. The maximum atomic E-state index is 12.9. The smallest absolute Gasteiger partial charge is 0.418 e. The molecule has 0 fully saturated rings. The van der Waals surface area contributed by atoms with Crippen LogP contribution >= 0.6 is 0 Å². The Morgan fingerprint density at radius 3 is 2.60 bits per heavy atom. The number of fused-ring (bicyclic) bond motifs is 1. The monoisotopic (exact) mass is 284 g/mol. The molecule has 0 amide bonds. The van der Waals surface area contributed by atoms with Crippen LogP contribution in [0.2, 0.25) is 0 Å². The third-order valence-electron chi connectivity index (χ3n) is 2.83. The Balaban J connectivity index is 2.58. The summed E-state index contributed by atoms with van der Waals surface area (Å²) < 4.78 is 38.8. The molecule has 0 unspecified atom stereocenters. The summed E-state index contributed by atoms with van der Waals surface area (Å²) in [5.74, 6) is -0.940. The molecule has 0 radical (unpaired) electrons. The number of aromatic nitrogens is 2. The van der Waals surface area contributed by atoms with Crippen molar-refractivity contribution in [3.05, 3.63) is 35.3 Å². The van der Waals surface area contributed by atoms with E-state index in [2.05, 4.69) is 9.97 Å². The van der Waals surface area contributed by atoms with Crippen molar-refractivity contribution >= 4 is 16.9 Å². The molecule has 20 heavy (non-hydrogen) atoms. The van der Waals surface area contributed by atoms with E-state index < -0.39 is 17.7 Å². The second kappa shape index (κ2) is 5.07. The fourth-order valence-corrected chi connectivity index (χ4v) is 1.92. The molecule has 1 aromatic heterocycles. The number of aliphatic carboxylic acids is 1. The van der Waals surface area contributed by atoms with Crippen LogP contribution in [0.5, 0.6) is 0 Å². The van der Waals surface area contributed by atoms with E-state index in [1.165, 1.54) is 12.1 Å². The van der Waals surface area contributed by atoms with Crippen LogP contribution in [0, 0.1) is 6.92 Å². The molecule has 0 aliphatic carbocycles. The second-order valence-electron chi connectivity index (χ2n) is 4.32. The summed E-state index contributed by atoms with van der Waals surface area (Å²) in [7, 11) is 0. The third-order valence-corrected chi connectivity index (χ3v) is 2.83. The van der Waals surface area contributed by atoms with Gasteiger partial charge >= 0.3 is 12.1 Å². The van der Waals surface area contributed by atoms with Gasteiger partial charge < -0.3 is 5.11 Å². The minimum Gasteiger partial charge on any atom is -0.481 e. The molecule has 1 aromatic carbocycles. The molecular weight excluding hydrogens is 273 g/mol. The number of rotatable bonds is 3. The van der Waals surface area contributed by atoms with Gasteiger partial charge in [-0.05, 0) is 13.0 Å². The highest BCUT2D eigenvalue weighted by Crippen LogP contribution is 2.34. The predicted octanol–water partition coefficient (Wildman–Crippen LogP) is 2.97. The van der Waals surface area contributed by atoms with Gasteiger partial charge in [0.05, 0.1) is 17.5 Å². The number of alkyl halides is 3. The maximum absolute atomic E-state index is 12.9. The topological polar surface area (TPSA) is 63.1 Å². The van der Waals surface area contributed by atoms with E-state index in [0.717, 1.165) is 6.07 Å². The van der Waals surface area contributed by atoms with Crippen LogP contribution in [0.15, 0.2) is 18.2 Å². The van der Waals surface area contributed by atoms with Crippen molar-refractivity contribution in [1.29, 1.82) is 0 Å². The molecule has 1 heterocycles. The van der Waals surface area contributed by atoms with Gasteiger partial charge in [-0.2, -0.15) is 13.2 Å². The Kier molecular flexibility index (Phi) is 3.61. The molecule has 0 spiro atoms. The minimum absolute atomic E-state index is 0.00168. The fourth-order valence-electron chi connectivity index (χ4n) is 1.92. The number of halogens is 3. The SMILES string of the molecule is Cc1nc(CCC(=O)O)nc2c(C(F)(F)F)cccc12. The van der Waals surface area contributed by atoms with E-state index in [9.17, 15) is 18.0 Å². The van der Waals surface area contributed by atoms with Crippen molar-refractivity contribution in [3.63, 3.8) is 0 Å². The van der Waals surface area contributed by atoms with E-state index >= 15 is 0 Å². The van der Waals surface area contributed by atoms with E-state index in [0.29, 0.717) is 11.1 Å². The number of nitrogens with zero attached hydrogens (tertiary/aromatic N) is 2. The molecule has 2 rings (SSSR count). The number of hydrogen-bond donors (Lipinski definition) is 1. The highest BCUT2D eigenvalue weighted by atomic mass is 19.4. The van der Waals surface area contributed by atoms with Crippen LogP contribution in [0.4, 0.5) is 13.2 Å². The van der Waals surface area contributed by atoms with Gasteiger partial charge in [0.2, 0.25) is 0 Å². The summed E-state index contributed by atoms with van der Waals surface area (Å²) in [4.78, 5) is 18.4. The van der Waals surface area contributed by atoms with Gasteiger partial charge in [-0.15, -0.1) is 0 Å². The molecular formula is C13H11F3N2O2. The molecule has 106 valence electrons. The molecule has 0 saturated carbocycles. The zero-order valence-corrected chi connectivity index (χ0v) is 10.5. The number of carboxylic acids is 1. The van der Waals surface area contributed by atoms with Crippen LogP contribution in [0.25, 0.3) is 10.9 Å². The van der Waals surface area contributed by atoms with Crippen molar-refractivity contribution in [2.45, 2.75) is 25.9 Å². The van der Waals surface area contributed by atoms with Crippen molar-refractivity contribution in [2.75, 3.05) is 0 Å². The average molecular weight is 284 g/mol. The van der Waals surface area contributed by atoms with Crippen molar-refractivity contribution in [1.82, 2.24) is 9.97 Å². The summed E-state index contributed by atoms with van der Waals surface area (Å²) >= 11 is 0. The molecule has 0 bridgehead atoms. The minimum atomic E-state index is -4.51. The quantitative estimate of drug-likeness (QED) is 0.941. The summed E-state index contributed by atoms with van der Waals surface area (Å²) in [5, 5.41) is 8.92. The van der Waals surface area contributed by atoms with Gasteiger partial charge in [0.25, 0.3) is 0 Å². The highest BCUT2D eigenvalue weighted by molar-refractivity contribution is 5.84. The Hall–Kier alpha value is -2.18. The summed E-state index contributed by atoms with van der Waals surface area (Å²) in [5.41, 5.74) is -0.619. The lowest BCUT2D eigenvalue weighted by Gasteiger charge is -2.11. The number of carbonyl (C=O) groups is 1. The van der Waals surface area contributed by atoms with Crippen molar-refractivity contribution < 1.29 is 23.1 Å². The van der Waals surface area contributed by atoms with E-state index in [4.69, 9.17) is 5.11 Å². The molecule has 4 nitrogen and oxygen atoms in total. The van der Waals surface area contributed by atoms with Crippen LogP contribution in [0.1, 0.15) is 23.5 Å². The van der Waals surface area contributed by atoms with Gasteiger partial charge in [0.15, 0.2) is 0 Å². The third kappa shape index (κ3) is 2.87. The highest BCUT2D eigenvalue weighted by Gasteiger charge is 2.33. The van der Waals surface area contributed by atoms with E-state index in [1.54, 1.807) is 6.92 Å². The standard InChI is InChI=1S/C13H11F3N2O2/c1-7-8-3-2-4-9(13(14,15)16)12(8)18-10(17-7)5-6-11(19)20/h2-4H,5-6H2,1H3,(H,19,20). The lowest BCUT2D eigenvalue weighted by Crippen LogP contribution is -2.09. The summed E-state index contributed by atoms with van der Waals surface area (Å²) in [6.07, 6.45) is -4.73. The van der Waals surface area contributed by atoms with E-state index in [1.807, 2.05) is 0 Å². The van der Waals surface area contributed by atoms with Gasteiger partial charge in [-0.1, -0.05) is 12.1 Å². The molecule has 7 heteroatoms. The normalized spacial score (nSPS) is 11.8. The molecule has 0 aliphatic heterocycles. The molecule has 0 atom stereocenters. The molecule has 0 saturated heterocycles. The van der Waals surface area contributed by atoms with Crippen LogP contribution in [-0.4, -0.2) is 21.0 Å². The molecule has 0 aliphatic rings. The van der Waals surface area contributed by atoms with E-state index in [-0.39, 0.29) is 24.2 Å². The van der Waals surface area contributed by atoms with Gasteiger partial charge in [0.1, 0.15) is 5.82 Å². The molecule has 2 aromatic rings. The van der Waals surface area contributed by atoms with Gasteiger partial charge in [-0.25, -0.2) is 9.97 Å². The number of hydrogen-bond acceptors (Lipinski definition) is 3. The number of para-hydroxylation sites is 1. The first-order chi connectivity index (χ1) is 9.29. The lowest BCUT2D eigenvalue weighted by atomic mass is 10.1. The Labute approximate surface area is 112 Å². The molecule has 1 N–H and O–H groups in total. The summed E-state index contributed by atoms with van der Waals surface area (Å²) in [6, 6.07) is 3.77.